The molecule has 0 aliphatic carbocycles. The van der Waals surface area contributed by atoms with Gasteiger partial charge in [0.1, 0.15) is 0 Å². The second-order valence-corrected chi connectivity index (χ2v) is 14.2. The van der Waals surface area contributed by atoms with Crippen LogP contribution in [0.1, 0.15) is 185 Å². The number of carboxylic acids is 2. The van der Waals surface area contributed by atoms with Gasteiger partial charge in [0.05, 0.1) is 0 Å². The Morgan fingerprint density at radius 1 is 0.436 bits per heavy atom. The molecule has 0 saturated heterocycles. The van der Waals surface area contributed by atoms with Gasteiger partial charge < -0.3 is 19.8 Å². The van der Waals surface area contributed by atoms with Gasteiger partial charge in [0.2, 0.25) is 0 Å². The molecule has 0 N–H and O–H groups in total. The van der Waals surface area contributed by atoms with Crippen molar-refractivity contribution >= 4 is 35.0 Å². The van der Waals surface area contributed by atoms with Gasteiger partial charge in [0, 0.05) is 22.8 Å². The van der Waals surface area contributed by atoms with E-state index in [-0.39, 0.29) is 33.9 Å². The predicted octanol–water partition coefficient (Wildman–Crippen LogP) is 8.26. The van der Waals surface area contributed by atoms with E-state index in [0.29, 0.717) is 0 Å². The van der Waals surface area contributed by atoms with Crippen molar-refractivity contribution in [1.82, 2.24) is 0 Å². The molecule has 0 bridgehead atoms. The molecular formula is C34H66MgO4. The summed E-state index contributed by atoms with van der Waals surface area (Å²) in [5, 5.41) is 22.8. The molecule has 0 rings (SSSR count). The van der Waals surface area contributed by atoms with E-state index in [1.54, 1.807) is 0 Å². The predicted molar refractivity (Wildman–Crippen MR) is 165 cm³/mol. The Morgan fingerprint density at radius 3 is 0.821 bits per heavy atom. The van der Waals surface area contributed by atoms with Crippen LogP contribution in [0.3, 0.4) is 0 Å². The average molecular weight is 563 g/mol. The SMILES string of the molecule is CCCCCCCCCCC(C)(C(=O)[O-])C(C)(C)C.CCCCCCCCCCC(C)(C(=O)[O-])C(C)(C)C.[Mg+2]. The molecule has 5 heteroatoms. The van der Waals surface area contributed by atoms with Crippen LogP contribution in [0, 0.1) is 21.7 Å². The van der Waals surface area contributed by atoms with Gasteiger partial charge in [-0.15, -0.1) is 0 Å². The van der Waals surface area contributed by atoms with Gasteiger partial charge in [-0.25, -0.2) is 0 Å². The summed E-state index contributed by atoms with van der Waals surface area (Å²) in [6, 6.07) is 0. The van der Waals surface area contributed by atoms with Gasteiger partial charge >= 0.3 is 23.1 Å². The van der Waals surface area contributed by atoms with Crippen molar-refractivity contribution in [2.75, 3.05) is 0 Å². The van der Waals surface area contributed by atoms with Crippen LogP contribution >= 0.6 is 0 Å². The van der Waals surface area contributed by atoms with E-state index in [2.05, 4.69) is 13.8 Å². The monoisotopic (exact) mass is 562 g/mol. The molecule has 0 heterocycles. The van der Waals surface area contributed by atoms with E-state index in [1.165, 1.54) is 77.0 Å². The first-order chi connectivity index (χ1) is 17.5. The Kier molecular flexibility index (Phi) is 24.7. The number of aliphatic carboxylic acids is 2. The number of carbonyl (C=O) groups excluding carboxylic acids is 2. The average Bonchev–Trinajstić information content (AvgIpc) is 2.80. The van der Waals surface area contributed by atoms with Gasteiger partial charge in [0.15, 0.2) is 0 Å². The molecule has 2 unspecified atom stereocenters. The van der Waals surface area contributed by atoms with Gasteiger partial charge in [0.25, 0.3) is 0 Å². The minimum absolute atomic E-state index is 0. The fraction of sp³-hybridized carbons (Fsp3) is 0.941. The van der Waals surface area contributed by atoms with Gasteiger partial charge in [-0.1, -0.05) is 172 Å². The van der Waals surface area contributed by atoms with Crippen LogP contribution in [0.15, 0.2) is 0 Å². The minimum atomic E-state index is -0.900. The fourth-order valence-electron chi connectivity index (χ4n) is 4.79. The van der Waals surface area contributed by atoms with Crippen LogP contribution < -0.4 is 10.2 Å². The maximum absolute atomic E-state index is 11.4. The Hall–Kier alpha value is -0.294. The molecule has 0 aromatic rings. The summed E-state index contributed by atoms with van der Waals surface area (Å²) < 4.78 is 0. The van der Waals surface area contributed by atoms with Crippen molar-refractivity contribution in [3.8, 4) is 0 Å². The van der Waals surface area contributed by atoms with Crippen molar-refractivity contribution in [3.05, 3.63) is 0 Å². The van der Waals surface area contributed by atoms with E-state index < -0.39 is 22.8 Å². The number of unbranched alkanes of at least 4 members (excludes halogenated alkanes) is 14. The van der Waals surface area contributed by atoms with Gasteiger partial charge in [-0.3, -0.25) is 0 Å². The summed E-state index contributed by atoms with van der Waals surface area (Å²) in [6.07, 6.45) is 21.4. The molecule has 0 saturated carbocycles. The molecule has 0 radical (unpaired) electrons. The molecular weight excluding hydrogens is 497 g/mol. The molecule has 0 aliphatic heterocycles. The summed E-state index contributed by atoms with van der Waals surface area (Å²) in [5.74, 6) is -1.80. The molecule has 39 heavy (non-hydrogen) atoms. The quantitative estimate of drug-likeness (QED) is 0.110. The number of rotatable bonds is 20. The van der Waals surface area contributed by atoms with Crippen LogP contribution in [-0.4, -0.2) is 35.0 Å². The summed E-state index contributed by atoms with van der Waals surface area (Å²) in [6.45, 7) is 20.1. The zero-order valence-corrected chi connectivity index (χ0v) is 29.5. The number of hydrogen-bond donors (Lipinski definition) is 0. The number of hydrogen-bond acceptors (Lipinski definition) is 4. The third-order valence-electron chi connectivity index (χ3n) is 9.27. The summed E-state index contributed by atoms with van der Waals surface area (Å²) in [4.78, 5) is 22.8. The summed E-state index contributed by atoms with van der Waals surface area (Å²) in [5.41, 5.74) is -1.91. The maximum atomic E-state index is 11.4. The molecule has 0 spiro atoms. The Labute approximate surface area is 260 Å². The first-order valence-electron chi connectivity index (χ1n) is 15.9. The molecule has 4 nitrogen and oxygen atoms in total. The smallest absolute Gasteiger partial charge is 0.550 e. The second kappa shape index (κ2) is 22.3. The summed E-state index contributed by atoms with van der Waals surface area (Å²) in [7, 11) is 0. The van der Waals surface area contributed by atoms with E-state index in [9.17, 15) is 19.8 Å². The number of carboxylic acid groups (broad SMARTS) is 2. The zero-order chi connectivity index (χ0) is 29.9. The van der Waals surface area contributed by atoms with Crippen LogP contribution in [0.4, 0.5) is 0 Å². The number of carbonyl (C=O) groups is 2. The largest absolute Gasteiger partial charge is 2.00 e. The molecule has 0 amide bonds. The maximum Gasteiger partial charge on any atom is 2.00 e. The fourth-order valence-corrected chi connectivity index (χ4v) is 4.79. The van der Waals surface area contributed by atoms with E-state index in [0.717, 1.165) is 38.5 Å². The van der Waals surface area contributed by atoms with Gasteiger partial charge in [-0.2, -0.15) is 0 Å². The van der Waals surface area contributed by atoms with Crippen molar-refractivity contribution in [1.29, 1.82) is 0 Å². The molecule has 0 aromatic carbocycles. The van der Waals surface area contributed by atoms with Crippen LogP contribution in [-0.2, 0) is 9.59 Å². The van der Waals surface area contributed by atoms with Crippen LogP contribution in [0.25, 0.3) is 0 Å². The Morgan fingerprint density at radius 2 is 0.641 bits per heavy atom. The first kappa shape index (κ1) is 43.2. The zero-order valence-electron chi connectivity index (χ0n) is 28.1. The first-order valence-corrected chi connectivity index (χ1v) is 15.9. The van der Waals surface area contributed by atoms with E-state index >= 15 is 0 Å². The Balaban J connectivity index is -0.000000648. The van der Waals surface area contributed by atoms with Crippen LogP contribution in [0.5, 0.6) is 0 Å². The third-order valence-corrected chi connectivity index (χ3v) is 9.27. The standard InChI is InChI=1S/2C17H34O2.Mg/c2*1-6-7-8-9-10-11-12-13-14-17(5,15(18)19)16(2,3)4;/h2*6-14H2,1-5H3,(H,18,19);/q;;+2/p-2. The second-order valence-electron chi connectivity index (χ2n) is 14.2. The normalized spacial score (nSPS) is 14.8. The topological polar surface area (TPSA) is 80.3 Å². The third kappa shape index (κ3) is 18.0. The molecule has 0 aliphatic rings. The van der Waals surface area contributed by atoms with E-state index in [1.807, 2.05) is 55.4 Å². The molecule has 228 valence electrons. The van der Waals surface area contributed by atoms with E-state index in [4.69, 9.17) is 0 Å². The molecule has 0 aromatic heterocycles. The van der Waals surface area contributed by atoms with Crippen molar-refractivity contribution in [2.45, 2.75) is 185 Å². The molecule has 0 fully saturated rings. The van der Waals surface area contributed by atoms with Crippen molar-refractivity contribution in [2.24, 2.45) is 21.7 Å². The van der Waals surface area contributed by atoms with Crippen molar-refractivity contribution in [3.63, 3.8) is 0 Å². The van der Waals surface area contributed by atoms with Crippen LogP contribution in [0.2, 0.25) is 0 Å². The van der Waals surface area contributed by atoms with Crippen molar-refractivity contribution < 1.29 is 19.8 Å². The summed E-state index contributed by atoms with van der Waals surface area (Å²) >= 11 is 0. The minimum Gasteiger partial charge on any atom is -0.550 e. The Bertz CT molecular complexity index is 566. The molecule has 2 atom stereocenters. The van der Waals surface area contributed by atoms with Gasteiger partial charge in [-0.05, 0) is 23.7 Å².